The minimum atomic E-state index is -3.74. The van der Waals surface area contributed by atoms with Gasteiger partial charge in [-0.25, -0.2) is 18.4 Å². The number of rotatable bonds is 7. The van der Waals surface area contributed by atoms with Crippen LogP contribution in [-0.2, 0) is 21.2 Å². The molecule has 3 aromatic carbocycles. The van der Waals surface area contributed by atoms with Gasteiger partial charge < -0.3 is 5.32 Å². The summed E-state index contributed by atoms with van der Waals surface area (Å²) in [6, 6.07) is 20.3. The summed E-state index contributed by atoms with van der Waals surface area (Å²) in [6.45, 7) is 3.95. The fraction of sp³-hybridized carbons (Fsp3) is 0.115. The predicted octanol–water partition coefficient (Wildman–Crippen LogP) is 6.02. The van der Waals surface area contributed by atoms with Crippen LogP contribution in [0.15, 0.2) is 77.0 Å². The third-order valence-electron chi connectivity index (χ3n) is 5.41. The summed E-state index contributed by atoms with van der Waals surface area (Å²) in [5.74, 6) is -0.239. The maximum atomic E-state index is 12.6. The average molecular weight is 535 g/mol. The molecule has 2 aromatic heterocycles. The van der Waals surface area contributed by atoms with Gasteiger partial charge >= 0.3 is 0 Å². The highest BCUT2D eigenvalue weighted by atomic mass is 32.2. The molecule has 0 fully saturated rings. The summed E-state index contributed by atoms with van der Waals surface area (Å²) < 4.78 is 28.7. The van der Waals surface area contributed by atoms with Crippen LogP contribution >= 0.6 is 22.7 Å². The number of carbonyl (C=O) groups excluding carboxylic acids is 1. The molecule has 0 saturated heterocycles. The Kier molecular flexibility index (Phi) is 6.57. The molecule has 0 bridgehead atoms. The molecule has 0 atom stereocenters. The Bertz CT molecular complexity index is 1660. The number of sulfonamides is 1. The zero-order chi connectivity index (χ0) is 25.3. The van der Waals surface area contributed by atoms with Crippen LogP contribution in [0, 0.1) is 13.8 Å². The zero-order valence-corrected chi connectivity index (χ0v) is 21.9. The van der Waals surface area contributed by atoms with Crippen LogP contribution in [0.5, 0.6) is 0 Å². The maximum Gasteiger partial charge on any atom is 0.263 e. The van der Waals surface area contributed by atoms with Gasteiger partial charge in [-0.15, -0.1) is 22.7 Å². The van der Waals surface area contributed by atoms with Crippen molar-refractivity contribution in [2.75, 3.05) is 10.0 Å². The largest absolute Gasteiger partial charge is 0.326 e. The van der Waals surface area contributed by atoms with Crippen molar-refractivity contribution in [2.45, 2.75) is 25.2 Å². The highest BCUT2D eigenvalue weighted by Gasteiger charge is 2.17. The van der Waals surface area contributed by atoms with Gasteiger partial charge in [0.1, 0.15) is 5.01 Å². The van der Waals surface area contributed by atoms with Crippen LogP contribution in [0.1, 0.15) is 16.8 Å². The molecule has 36 heavy (non-hydrogen) atoms. The van der Waals surface area contributed by atoms with Gasteiger partial charge in [-0.2, -0.15) is 0 Å². The number of benzene rings is 3. The normalized spacial score (nSPS) is 11.5. The van der Waals surface area contributed by atoms with E-state index in [2.05, 4.69) is 34.1 Å². The van der Waals surface area contributed by atoms with Crippen LogP contribution in [0.25, 0.3) is 20.8 Å². The van der Waals surface area contributed by atoms with E-state index in [4.69, 9.17) is 4.98 Å². The van der Waals surface area contributed by atoms with E-state index in [0.29, 0.717) is 11.4 Å². The van der Waals surface area contributed by atoms with Crippen LogP contribution in [0.4, 0.5) is 10.8 Å². The van der Waals surface area contributed by atoms with E-state index < -0.39 is 10.0 Å². The first kappa shape index (κ1) is 24.1. The summed E-state index contributed by atoms with van der Waals surface area (Å²) in [5.41, 5.74) is 5.28. The third kappa shape index (κ3) is 5.46. The minimum Gasteiger partial charge on any atom is -0.326 e. The van der Waals surface area contributed by atoms with Crippen LogP contribution in [0.2, 0.25) is 0 Å². The molecular formula is C26H22N4O3S3. The first-order valence-corrected chi connectivity index (χ1v) is 14.2. The highest BCUT2D eigenvalue weighted by molar-refractivity contribution is 7.93. The highest BCUT2D eigenvalue weighted by Crippen LogP contribution is 2.31. The molecule has 0 aliphatic carbocycles. The lowest BCUT2D eigenvalue weighted by Gasteiger charge is -2.06. The summed E-state index contributed by atoms with van der Waals surface area (Å²) in [4.78, 5) is 21.7. The molecule has 2 heterocycles. The first-order valence-electron chi connectivity index (χ1n) is 11.1. The number of nitrogens with zero attached hydrogens (tertiary/aromatic N) is 2. The number of carbonyl (C=O) groups is 1. The fourth-order valence-corrected chi connectivity index (χ4v) is 6.58. The summed E-state index contributed by atoms with van der Waals surface area (Å²) in [5, 5.41) is 5.68. The van der Waals surface area contributed by atoms with Crippen molar-refractivity contribution in [1.82, 2.24) is 9.97 Å². The monoisotopic (exact) mass is 534 g/mol. The molecule has 0 aliphatic heterocycles. The van der Waals surface area contributed by atoms with Crippen molar-refractivity contribution in [1.29, 1.82) is 0 Å². The average Bonchev–Trinajstić information content (AvgIpc) is 3.45. The Morgan fingerprint density at radius 2 is 1.64 bits per heavy atom. The van der Waals surface area contributed by atoms with Gasteiger partial charge in [0.15, 0.2) is 5.13 Å². The van der Waals surface area contributed by atoms with E-state index in [9.17, 15) is 13.2 Å². The summed E-state index contributed by atoms with van der Waals surface area (Å²) in [7, 11) is -3.74. The second-order valence-corrected chi connectivity index (χ2v) is 11.9. The molecule has 2 N–H and O–H groups in total. The Morgan fingerprint density at radius 3 is 2.39 bits per heavy atom. The molecule has 182 valence electrons. The number of anilines is 2. The van der Waals surface area contributed by atoms with E-state index in [-0.39, 0.29) is 22.4 Å². The quantitative estimate of drug-likeness (QED) is 0.266. The molecule has 5 rings (SSSR count). The van der Waals surface area contributed by atoms with Gasteiger partial charge in [-0.05, 0) is 67.9 Å². The SMILES string of the molecule is Cc1ccc(S(=O)(=O)Nc2nc(CC(=O)Nc3ccc(-c4nc5ccc(C)cc5s4)cc3)cs2)cc1. The third-order valence-corrected chi connectivity index (χ3v) is 8.76. The lowest BCUT2D eigenvalue weighted by atomic mass is 10.2. The molecule has 0 unspecified atom stereocenters. The molecule has 10 heteroatoms. The minimum absolute atomic E-state index is 0.0295. The standard InChI is InChI=1S/C26H22N4O3S3/c1-16-3-10-21(11-4-16)36(32,33)30-26-28-20(15-34-26)14-24(31)27-19-8-6-18(7-9-19)25-29-22-12-5-17(2)13-23(22)35-25/h3-13,15H,14H2,1-2H3,(H,27,31)(H,28,30). The Morgan fingerprint density at radius 1 is 0.917 bits per heavy atom. The molecular weight excluding hydrogens is 513 g/mol. The number of fused-ring (bicyclic) bond motifs is 1. The van der Waals surface area contributed by atoms with Crippen LogP contribution < -0.4 is 10.0 Å². The number of aryl methyl sites for hydroxylation is 2. The number of hydrogen-bond acceptors (Lipinski definition) is 7. The Balaban J connectivity index is 1.20. The van der Waals surface area contributed by atoms with Crippen LogP contribution in [0.3, 0.4) is 0 Å². The van der Waals surface area contributed by atoms with Crippen molar-refractivity contribution in [3.05, 3.63) is 88.9 Å². The smallest absolute Gasteiger partial charge is 0.263 e. The molecule has 7 nitrogen and oxygen atoms in total. The van der Waals surface area contributed by atoms with Crippen molar-refractivity contribution >= 4 is 59.6 Å². The molecule has 0 spiro atoms. The second kappa shape index (κ2) is 9.81. The van der Waals surface area contributed by atoms with Gasteiger partial charge in [-0.1, -0.05) is 23.8 Å². The number of nitrogens with one attached hydrogen (secondary N) is 2. The van der Waals surface area contributed by atoms with E-state index in [1.807, 2.05) is 37.3 Å². The number of aromatic nitrogens is 2. The maximum absolute atomic E-state index is 12.6. The van der Waals surface area contributed by atoms with Gasteiger partial charge in [0, 0.05) is 16.6 Å². The molecule has 1 amide bonds. The van der Waals surface area contributed by atoms with Gasteiger partial charge in [0.05, 0.1) is 27.2 Å². The fourth-order valence-electron chi connectivity index (χ4n) is 3.55. The van der Waals surface area contributed by atoms with Crippen molar-refractivity contribution < 1.29 is 13.2 Å². The molecule has 0 saturated carbocycles. The van der Waals surface area contributed by atoms with Gasteiger partial charge in [-0.3, -0.25) is 9.52 Å². The van der Waals surface area contributed by atoms with Crippen molar-refractivity contribution in [3.63, 3.8) is 0 Å². The summed E-state index contributed by atoms with van der Waals surface area (Å²) >= 11 is 2.77. The lowest BCUT2D eigenvalue weighted by molar-refractivity contribution is -0.115. The number of amides is 1. The zero-order valence-electron chi connectivity index (χ0n) is 19.5. The Hall–Kier alpha value is -3.60. The van der Waals surface area contributed by atoms with Gasteiger partial charge in [0.25, 0.3) is 10.0 Å². The second-order valence-electron chi connectivity index (χ2n) is 8.36. The van der Waals surface area contributed by atoms with E-state index in [1.165, 1.54) is 5.56 Å². The predicted molar refractivity (Wildman–Crippen MR) is 146 cm³/mol. The first-order chi connectivity index (χ1) is 17.2. The molecule has 5 aromatic rings. The van der Waals surface area contributed by atoms with Crippen LogP contribution in [-0.4, -0.2) is 24.3 Å². The van der Waals surface area contributed by atoms with E-state index >= 15 is 0 Å². The Labute approximate surface area is 216 Å². The van der Waals surface area contributed by atoms with Crippen molar-refractivity contribution in [3.8, 4) is 10.6 Å². The van der Waals surface area contributed by atoms with Crippen molar-refractivity contribution in [2.24, 2.45) is 0 Å². The molecule has 0 radical (unpaired) electrons. The number of hydrogen-bond donors (Lipinski definition) is 2. The topological polar surface area (TPSA) is 101 Å². The molecule has 0 aliphatic rings. The number of thiazole rings is 2. The van der Waals surface area contributed by atoms with Gasteiger partial charge in [0.2, 0.25) is 5.91 Å². The summed E-state index contributed by atoms with van der Waals surface area (Å²) in [6.07, 6.45) is 0.0295. The van der Waals surface area contributed by atoms with E-state index in [1.54, 1.807) is 41.0 Å². The van der Waals surface area contributed by atoms with E-state index in [0.717, 1.165) is 37.7 Å². The lowest BCUT2D eigenvalue weighted by Crippen LogP contribution is -2.15.